The fourth-order valence-corrected chi connectivity index (χ4v) is 6.41. The number of carbonyl (C=O) groups excluding carboxylic acids is 1. The predicted molar refractivity (Wildman–Crippen MR) is 137 cm³/mol. The zero-order valence-corrected chi connectivity index (χ0v) is 20.9. The molecule has 1 atom stereocenters. The van der Waals surface area contributed by atoms with Gasteiger partial charge in [0.15, 0.2) is 0 Å². The number of furan rings is 1. The Balaban J connectivity index is 1.21. The van der Waals surface area contributed by atoms with Gasteiger partial charge >= 0.3 is 0 Å². The van der Waals surface area contributed by atoms with Crippen molar-refractivity contribution in [2.45, 2.75) is 68.7 Å². The molecule has 0 unspecified atom stereocenters. The Labute approximate surface area is 210 Å². The van der Waals surface area contributed by atoms with Crippen LogP contribution in [0.1, 0.15) is 55.4 Å². The van der Waals surface area contributed by atoms with E-state index in [4.69, 9.17) is 4.42 Å². The molecule has 8 nitrogen and oxygen atoms in total. The summed E-state index contributed by atoms with van der Waals surface area (Å²) in [5, 5.41) is 11.3. The number of aryl methyl sites for hydroxylation is 3. The van der Waals surface area contributed by atoms with E-state index in [9.17, 15) is 18.4 Å². The van der Waals surface area contributed by atoms with Gasteiger partial charge in [-0.05, 0) is 62.3 Å². The van der Waals surface area contributed by atoms with Crippen molar-refractivity contribution in [1.29, 1.82) is 0 Å². The largest absolute Gasteiger partial charge is 0.461 e. The zero-order valence-electron chi connectivity index (χ0n) is 20.0. The number of H-pyrrole nitrogens is 1. The summed E-state index contributed by atoms with van der Waals surface area (Å²) >= 11 is 0. The lowest BCUT2D eigenvalue weighted by Crippen LogP contribution is -2.45. The molecule has 5 rings (SSSR count). The summed E-state index contributed by atoms with van der Waals surface area (Å²) in [6.45, 7) is 0. The molecule has 190 valence electrons. The zero-order chi connectivity index (χ0) is 25.1. The first-order valence-corrected chi connectivity index (χ1v) is 14.0. The van der Waals surface area contributed by atoms with E-state index in [1.165, 1.54) is 22.6 Å². The molecule has 36 heavy (non-hydrogen) atoms. The molecule has 1 aliphatic carbocycles. The topological polar surface area (TPSA) is 124 Å². The van der Waals surface area contributed by atoms with Gasteiger partial charge in [0, 0.05) is 40.5 Å². The lowest BCUT2D eigenvalue weighted by atomic mass is 9.96. The van der Waals surface area contributed by atoms with Crippen molar-refractivity contribution in [2.75, 3.05) is 0 Å². The maximum Gasteiger partial charge on any atom is 0.261 e. The second kappa shape index (κ2) is 10.5. The quantitative estimate of drug-likeness (QED) is 0.140. The first-order valence-electron chi connectivity index (χ1n) is 12.5. The van der Waals surface area contributed by atoms with E-state index in [0.717, 1.165) is 61.6 Å². The molecule has 9 heteroatoms. The van der Waals surface area contributed by atoms with Gasteiger partial charge in [-0.2, -0.15) is 4.72 Å². The minimum Gasteiger partial charge on any atom is -0.461 e. The van der Waals surface area contributed by atoms with Crippen LogP contribution in [0.4, 0.5) is 0 Å². The van der Waals surface area contributed by atoms with Gasteiger partial charge in [-0.1, -0.05) is 31.0 Å². The van der Waals surface area contributed by atoms with Crippen LogP contribution >= 0.6 is 0 Å². The number of para-hydroxylation sites is 1. The van der Waals surface area contributed by atoms with Gasteiger partial charge in [0.25, 0.3) is 5.91 Å². The van der Waals surface area contributed by atoms with Crippen molar-refractivity contribution in [3.05, 3.63) is 65.5 Å². The second-order valence-electron chi connectivity index (χ2n) is 9.48. The van der Waals surface area contributed by atoms with Gasteiger partial charge in [0.2, 0.25) is 10.0 Å². The van der Waals surface area contributed by atoms with E-state index in [-0.39, 0.29) is 11.3 Å². The van der Waals surface area contributed by atoms with Crippen LogP contribution in [0.2, 0.25) is 0 Å². The van der Waals surface area contributed by atoms with Crippen molar-refractivity contribution in [1.82, 2.24) is 15.2 Å². The molecule has 4 N–H and O–H groups in total. The van der Waals surface area contributed by atoms with Crippen LogP contribution in [0.3, 0.4) is 0 Å². The number of unbranched alkanes of at least 4 members (excludes halogenated alkanes) is 2. The summed E-state index contributed by atoms with van der Waals surface area (Å²) in [6.07, 6.45) is 9.51. The number of hydrogen-bond acceptors (Lipinski definition) is 5. The predicted octanol–water partition coefficient (Wildman–Crippen LogP) is 4.75. The molecule has 0 radical (unpaired) electrons. The number of hydroxylamine groups is 1. The Bertz CT molecular complexity index is 1490. The molecule has 0 fully saturated rings. The second-order valence-corrected chi connectivity index (χ2v) is 11.2. The Hall–Kier alpha value is -3.14. The van der Waals surface area contributed by atoms with Crippen LogP contribution in [0, 0.1) is 0 Å². The SMILES string of the molecule is O=C(NO)[C@H](CCCCCc1c[nH]c2ccccc12)NS(=O)(=O)c1ccc2c3c(oc2c1)CCCC3. The van der Waals surface area contributed by atoms with Crippen molar-refractivity contribution in [3.8, 4) is 0 Å². The molecule has 0 saturated carbocycles. The van der Waals surface area contributed by atoms with Gasteiger partial charge in [-0.15, -0.1) is 0 Å². The number of fused-ring (bicyclic) bond motifs is 4. The van der Waals surface area contributed by atoms with Crippen LogP contribution in [0.15, 0.2) is 58.0 Å². The maximum absolute atomic E-state index is 13.1. The Morgan fingerprint density at radius 2 is 1.89 bits per heavy atom. The Morgan fingerprint density at radius 3 is 2.75 bits per heavy atom. The van der Waals surface area contributed by atoms with E-state index >= 15 is 0 Å². The average Bonchev–Trinajstić information content (AvgIpc) is 3.48. The molecule has 0 bridgehead atoms. The monoisotopic (exact) mass is 509 g/mol. The number of aromatic amines is 1. The van der Waals surface area contributed by atoms with Crippen molar-refractivity contribution in [2.24, 2.45) is 0 Å². The molecule has 4 aromatic rings. The number of hydrogen-bond donors (Lipinski definition) is 4. The number of aromatic nitrogens is 1. The number of benzene rings is 2. The third-order valence-electron chi connectivity index (χ3n) is 7.08. The summed E-state index contributed by atoms with van der Waals surface area (Å²) in [5.41, 5.74) is 5.66. The van der Waals surface area contributed by atoms with Crippen molar-refractivity contribution in [3.63, 3.8) is 0 Å². The van der Waals surface area contributed by atoms with Gasteiger partial charge in [0.1, 0.15) is 17.4 Å². The first-order chi connectivity index (χ1) is 17.5. The molecule has 0 saturated heterocycles. The van der Waals surface area contributed by atoms with Gasteiger partial charge < -0.3 is 9.40 Å². The van der Waals surface area contributed by atoms with Crippen LogP contribution in [0.5, 0.6) is 0 Å². The molecule has 2 aromatic carbocycles. The third-order valence-corrected chi connectivity index (χ3v) is 8.55. The van der Waals surface area contributed by atoms with E-state index in [1.807, 2.05) is 24.4 Å². The molecular formula is C27H31N3O5S. The summed E-state index contributed by atoms with van der Waals surface area (Å²) in [6, 6.07) is 11.9. The normalized spacial score (nSPS) is 14.7. The molecule has 1 amide bonds. The molecule has 2 heterocycles. The number of sulfonamides is 1. The molecule has 1 aliphatic rings. The number of amides is 1. The third kappa shape index (κ3) is 5.04. The van der Waals surface area contributed by atoms with Crippen LogP contribution < -0.4 is 10.2 Å². The minimum absolute atomic E-state index is 0.0381. The lowest BCUT2D eigenvalue weighted by molar-refractivity contribution is -0.131. The fourth-order valence-electron chi connectivity index (χ4n) is 5.17. The number of carbonyl (C=O) groups is 1. The first kappa shape index (κ1) is 24.5. The summed E-state index contributed by atoms with van der Waals surface area (Å²) in [7, 11) is -4.00. The van der Waals surface area contributed by atoms with Crippen LogP contribution in [-0.4, -0.2) is 30.6 Å². The molecule has 0 spiro atoms. The average molecular weight is 510 g/mol. The van der Waals surface area contributed by atoms with Crippen LogP contribution in [-0.2, 0) is 34.1 Å². The highest BCUT2D eigenvalue weighted by Gasteiger charge is 2.27. The van der Waals surface area contributed by atoms with E-state index in [0.29, 0.717) is 12.0 Å². The highest BCUT2D eigenvalue weighted by atomic mass is 32.2. The smallest absolute Gasteiger partial charge is 0.261 e. The summed E-state index contributed by atoms with van der Waals surface area (Å²) < 4.78 is 34.6. The van der Waals surface area contributed by atoms with E-state index < -0.39 is 22.0 Å². The van der Waals surface area contributed by atoms with Crippen molar-refractivity contribution < 1.29 is 22.8 Å². The Kier molecular flexibility index (Phi) is 7.13. The standard InChI is InChI=1S/C27H31N3O5S/c31-27(29-32)24(12-3-1-2-8-18-17-28-23-11-6-4-9-20(18)23)30-36(33,34)19-14-15-22-21-10-5-7-13-25(21)35-26(22)16-19/h4,6,9,11,14-17,24,28,30,32H,1-3,5,7-8,10,12-13H2,(H,29,31)/t24-/m0/s1. The minimum atomic E-state index is -4.00. The van der Waals surface area contributed by atoms with Crippen LogP contribution in [0.25, 0.3) is 21.9 Å². The van der Waals surface area contributed by atoms with E-state index in [2.05, 4.69) is 15.8 Å². The highest BCUT2D eigenvalue weighted by molar-refractivity contribution is 7.89. The number of rotatable bonds is 10. The van der Waals surface area contributed by atoms with E-state index in [1.54, 1.807) is 17.6 Å². The molecule has 0 aliphatic heterocycles. The molecular weight excluding hydrogens is 478 g/mol. The summed E-state index contributed by atoms with van der Waals surface area (Å²) in [5.74, 6) is 0.161. The van der Waals surface area contributed by atoms with Gasteiger partial charge in [0.05, 0.1) is 4.90 Å². The lowest BCUT2D eigenvalue weighted by Gasteiger charge is -2.17. The Morgan fingerprint density at radius 1 is 1.06 bits per heavy atom. The number of nitrogens with one attached hydrogen (secondary N) is 3. The fraction of sp³-hybridized carbons (Fsp3) is 0.370. The summed E-state index contributed by atoms with van der Waals surface area (Å²) in [4.78, 5) is 15.6. The van der Waals surface area contributed by atoms with Gasteiger partial charge in [-0.3, -0.25) is 10.0 Å². The maximum atomic E-state index is 13.1. The highest BCUT2D eigenvalue weighted by Crippen LogP contribution is 2.33. The molecule has 2 aromatic heterocycles. The van der Waals surface area contributed by atoms with Gasteiger partial charge in [-0.25, -0.2) is 13.9 Å². The van der Waals surface area contributed by atoms with Crippen molar-refractivity contribution >= 4 is 37.8 Å².